The summed E-state index contributed by atoms with van der Waals surface area (Å²) in [6, 6.07) is 0. The molecule has 0 saturated heterocycles. The van der Waals surface area contributed by atoms with Gasteiger partial charge in [-0.2, -0.15) is 0 Å². The Bertz CT molecular complexity index is 899. The van der Waals surface area contributed by atoms with Gasteiger partial charge in [-0.1, -0.05) is 112 Å². The van der Waals surface area contributed by atoms with E-state index in [4.69, 9.17) is 10.5 Å². The predicted octanol–water partition coefficient (Wildman–Crippen LogP) is 7.58. The largest absolute Gasteiger partial charge is 0.629 e. The van der Waals surface area contributed by atoms with E-state index in [-0.39, 0.29) is 6.10 Å². The van der Waals surface area contributed by atoms with E-state index in [2.05, 4.69) is 21.9 Å². The van der Waals surface area contributed by atoms with Crippen LogP contribution in [-0.2, 0) is 11.3 Å². The van der Waals surface area contributed by atoms with E-state index in [0.29, 0.717) is 29.7 Å². The first kappa shape index (κ1) is 33.3. The minimum atomic E-state index is -1.45. The molecule has 0 aliphatic heterocycles. The normalized spacial score (nSPS) is 13.0. The van der Waals surface area contributed by atoms with Crippen molar-refractivity contribution in [2.45, 2.75) is 123 Å². The van der Waals surface area contributed by atoms with Crippen molar-refractivity contribution in [3.8, 4) is 0 Å². The van der Waals surface area contributed by atoms with Gasteiger partial charge in [0, 0.05) is 11.5 Å². The summed E-state index contributed by atoms with van der Waals surface area (Å²) in [6.45, 7) is 4.78. The standard InChI is InChI=1S/C28H50N5O2PS2/c1-3-4-5-6-7-8-9-10-11-12-13-14-15-16-19-37-38-20-17-18-36(34)24-35-25(2)21-33-23-32-26-27(29)30-22-31-28(26)33/h22-25H,3-21H2,1-2H3,(H2,29,30,31). The number of nitrogens with zero attached hydrogens (tertiary/aromatic N) is 4. The van der Waals surface area contributed by atoms with Gasteiger partial charge in [0.15, 0.2) is 11.5 Å². The number of anilines is 1. The van der Waals surface area contributed by atoms with Crippen LogP contribution in [0.2, 0.25) is 0 Å². The van der Waals surface area contributed by atoms with Gasteiger partial charge in [0.2, 0.25) is 5.98 Å². The van der Waals surface area contributed by atoms with Gasteiger partial charge in [-0.25, -0.2) is 15.0 Å². The smallest absolute Gasteiger partial charge is 0.208 e. The van der Waals surface area contributed by atoms with Gasteiger partial charge < -0.3 is 19.9 Å². The van der Waals surface area contributed by atoms with E-state index < -0.39 is 7.77 Å². The van der Waals surface area contributed by atoms with Crippen LogP contribution in [0.5, 0.6) is 0 Å². The van der Waals surface area contributed by atoms with E-state index in [1.807, 2.05) is 33.1 Å². The summed E-state index contributed by atoms with van der Waals surface area (Å²) < 4.78 is 7.58. The molecule has 2 unspecified atom stereocenters. The van der Waals surface area contributed by atoms with Crippen LogP contribution in [0, 0.1) is 0 Å². The summed E-state index contributed by atoms with van der Waals surface area (Å²) in [5, 5.41) is 0. The number of nitrogens with two attached hydrogens (primary N) is 1. The van der Waals surface area contributed by atoms with Gasteiger partial charge in [-0.3, -0.25) is 0 Å². The van der Waals surface area contributed by atoms with Crippen molar-refractivity contribution in [1.29, 1.82) is 0 Å². The zero-order valence-electron chi connectivity index (χ0n) is 23.7. The molecule has 2 atom stereocenters. The second kappa shape index (κ2) is 21.9. The Kier molecular flexibility index (Phi) is 19.2. The molecule has 0 aliphatic rings. The topological polar surface area (TPSA) is 102 Å². The molecule has 0 amide bonds. The van der Waals surface area contributed by atoms with Gasteiger partial charge in [0.05, 0.1) is 26.7 Å². The minimum Gasteiger partial charge on any atom is -0.629 e. The molecule has 0 saturated carbocycles. The third-order valence-electron chi connectivity index (χ3n) is 6.56. The molecule has 10 heteroatoms. The lowest BCUT2D eigenvalue weighted by molar-refractivity contribution is -0.153. The highest BCUT2D eigenvalue weighted by atomic mass is 33.1. The van der Waals surface area contributed by atoms with E-state index in [0.717, 1.165) is 12.2 Å². The fraction of sp³-hybridized carbons (Fsp3) is 0.786. The third-order valence-corrected chi connectivity index (χ3v) is 10.3. The molecule has 7 nitrogen and oxygen atoms in total. The van der Waals surface area contributed by atoms with Gasteiger partial charge in [0.25, 0.3) is 0 Å². The predicted molar refractivity (Wildman–Crippen MR) is 168 cm³/mol. The summed E-state index contributed by atoms with van der Waals surface area (Å²) in [5.41, 5.74) is 7.11. The average Bonchev–Trinajstić information content (AvgIpc) is 3.32. The molecule has 0 radical (unpaired) electrons. The van der Waals surface area contributed by atoms with Crippen molar-refractivity contribution >= 4 is 52.3 Å². The summed E-state index contributed by atoms with van der Waals surface area (Å²) in [6.07, 6.45) is 24.3. The highest BCUT2D eigenvalue weighted by Crippen LogP contribution is 2.25. The van der Waals surface area contributed by atoms with Crippen molar-refractivity contribution < 1.29 is 9.63 Å². The molecule has 2 aromatic rings. The number of rotatable bonds is 24. The molecule has 2 aromatic heterocycles. The molecule has 38 heavy (non-hydrogen) atoms. The van der Waals surface area contributed by atoms with Crippen molar-refractivity contribution in [3.63, 3.8) is 0 Å². The van der Waals surface area contributed by atoms with E-state index in [9.17, 15) is 4.89 Å². The average molecular weight is 584 g/mol. The van der Waals surface area contributed by atoms with Gasteiger partial charge in [-0.05, 0) is 19.8 Å². The van der Waals surface area contributed by atoms with Gasteiger partial charge in [-0.15, -0.1) is 0 Å². The molecule has 0 aromatic carbocycles. The Hall–Kier alpha value is -0.860. The Balaban J connectivity index is 1.36. The summed E-state index contributed by atoms with van der Waals surface area (Å²) in [7, 11) is 2.42. The maximum absolute atomic E-state index is 12.3. The quantitative estimate of drug-likeness (QED) is 0.0766. The fourth-order valence-corrected chi connectivity index (χ4v) is 7.70. The zero-order chi connectivity index (χ0) is 27.3. The first-order valence-corrected chi connectivity index (χ1v) is 18.7. The van der Waals surface area contributed by atoms with Crippen LogP contribution in [0.1, 0.15) is 110 Å². The lowest BCUT2D eigenvalue weighted by atomic mass is 10.0. The van der Waals surface area contributed by atoms with Crippen LogP contribution < -0.4 is 10.6 Å². The number of hydrogen-bond acceptors (Lipinski definition) is 8. The minimum absolute atomic E-state index is 0.141. The first-order valence-electron chi connectivity index (χ1n) is 14.7. The number of unbranched alkanes of at least 4 members (excludes halogenated alkanes) is 13. The van der Waals surface area contributed by atoms with Crippen LogP contribution in [0.15, 0.2) is 12.7 Å². The second-order valence-electron chi connectivity index (χ2n) is 10.1. The highest BCUT2D eigenvalue weighted by molar-refractivity contribution is 8.76. The Morgan fingerprint density at radius 2 is 1.47 bits per heavy atom. The van der Waals surface area contributed by atoms with Crippen molar-refractivity contribution in [2.24, 2.45) is 0 Å². The molecular weight excluding hydrogens is 533 g/mol. The Morgan fingerprint density at radius 1 is 0.895 bits per heavy atom. The van der Waals surface area contributed by atoms with Crippen LogP contribution in [-0.4, -0.2) is 49.3 Å². The number of aromatic nitrogens is 4. The van der Waals surface area contributed by atoms with E-state index in [1.54, 1.807) is 6.33 Å². The highest BCUT2D eigenvalue weighted by Gasteiger charge is 2.11. The van der Waals surface area contributed by atoms with Crippen molar-refractivity contribution in [2.75, 3.05) is 23.4 Å². The number of ether oxygens (including phenoxy) is 1. The van der Waals surface area contributed by atoms with Crippen molar-refractivity contribution in [1.82, 2.24) is 19.5 Å². The fourth-order valence-electron chi connectivity index (χ4n) is 4.33. The SMILES string of the molecule is CCCCCCCCCCCCCCCCSSCCC/[P+]([O-])=C/OC(C)Cn1cnc2c(N)ncnc21. The molecule has 0 fully saturated rings. The van der Waals surface area contributed by atoms with Crippen LogP contribution in [0.3, 0.4) is 0 Å². The van der Waals surface area contributed by atoms with E-state index >= 15 is 0 Å². The molecule has 2 heterocycles. The van der Waals surface area contributed by atoms with E-state index in [1.165, 1.54) is 108 Å². The zero-order valence-corrected chi connectivity index (χ0v) is 26.2. The number of imidazole rings is 1. The van der Waals surface area contributed by atoms with Crippen molar-refractivity contribution in [3.05, 3.63) is 12.7 Å². The summed E-state index contributed by atoms with van der Waals surface area (Å²) >= 11 is 0. The third kappa shape index (κ3) is 15.1. The summed E-state index contributed by atoms with van der Waals surface area (Å²) in [4.78, 5) is 24.8. The van der Waals surface area contributed by atoms with Gasteiger partial charge in [0.1, 0.15) is 18.0 Å². The van der Waals surface area contributed by atoms with Crippen LogP contribution >= 0.6 is 29.4 Å². The lowest BCUT2D eigenvalue weighted by Crippen LogP contribution is -2.16. The van der Waals surface area contributed by atoms with Crippen LogP contribution in [0.4, 0.5) is 5.82 Å². The molecule has 2 N–H and O–H groups in total. The number of fused-ring (bicyclic) bond motifs is 1. The number of nitrogen functional groups attached to an aromatic ring is 1. The monoisotopic (exact) mass is 583 g/mol. The Labute approximate surface area is 239 Å². The summed E-state index contributed by atoms with van der Waals surface area (Å²) in [5.74, 6) is 4.14. The lowest BCUT2D eigenvalue weighted by Gasteiger charge is -2.10. The molecule has 216 valence electrons. The second-order valence-corrected chi connectivity index (χ2v) is 14.3. The number of hydrogen-bond donors (Lipinski definition) is 1. The van der Waals surface area contributed by atoms with Gasteiger partial charge >= 0.3 is 0 Å². The molecule has 2 rings (SSSR count). The molecule has 0 bridgehead atoms. The molecule has 0 spiro atoms. The van der Waals surface area contributed by atoms with Crippen LogP contribution in [0.25, 0.3) is 11.2 Å². The molecule has 0 aliphatic carbocycles. The maximum atomic E-state index is 12.3. The first-order chi connectivity index (χ1) is 18.6. The maximum Gasteiger partial charge on any atom is 0.208 e. The molecular formula is C28H50N5O2PS2. The Morgan fingerprint density at radius 3 is 2.11 bits per heavy atom.